The van der Waals surface area contributed by atoms with Crippen LogP contribution < -0.4 is 5.73 Å². The Hall–Kier alpha value is -2.50. The van der Waals surface area contributed by atoms with E-state index in [9.17, 15) is 9.90 Å². The first-order valence-corrected chi connectivity index (χ1v) is 4.77. The van der Waals surface area contributed by atoms with E-state index in [0.29, 0.717) is 5.56 Å². The normalized spacial score (nSPS) is 10.2. The molecule has 0 fully saturated rings. The van der Waals surface area contributed by atoms with Gasteiger partial charge in [0, 0.05) is 5.56 Å². The van der Waals surface area contributed by atoms with Crippen molar-refractivity contribution < 1.29 is 19.2 Å². The van der Waals surface area contributed by atoms with Crippen LogP contribution in [0.5, 0.6) is 5.75 Å². The van der Waals surface area contributed by atoms with Gasteiger partial charge in [0.15, 0.2) is 0 Å². The lowest BCUT2D eigenvalue weighted by Crippen LogP contribution is -2.03. The third kappa shape index (κ3) is 1.80. The van der Waals surface area contributed by atoms with E-state index in [2.05, 4.69) is 9.89 Å². The van der Waals surface area contributed by atoms with Crippen molar-refractivity contribution in [2.45, 2.75) is 0 Å². The molecule has 0 saturated heterocycles. The smallest absolute Gasteiger partial charge is 0.361 e. The van der Waals surface area contributed by atoms with E-state index >= 15 is 0 Å². The second-order valence-electron chi connectivity index (χ2n) is 3.28. The van der Waals surface area contributed by atoms with Crippen LogP contribution in [0.2, 0.25) is 0 Å². The van der Waals surface area contributed by atoms with Crippen LogP contribution in [0.25, 0.3) is 11.1 Å². The number of anilines is 1. The Kier molecular flexibility index (Phi) is 2.70. The first-order chi connectivity index (χ1) is 8.15. The molecular weight excluding hydrogens is 224 g/mol. The van der Waals surface area contributed by atoms with E-state index in [1.807, 2.05) is 0 Å². The van der Waals surface area contributed by atoms with Gasteiger partial charge in [-0.3, -0.25) is 0 Å². The molecule has 0 bridgehead atoms. The molecule has 2 rings (SSSR count). The van der Waals surface area contributed by atoms with Gasteiger partial charge in [0.05, 0.1) is 12.7 Å². The van der Waals surface area contributed by atoms with Gasteiger partial charge in [-0.1, -0.05) is 23.4 Å². The van der Waals surface area contributed by atoms with Crippen LogP contribution in [0.4, 0.5) is 5.88 Å². The molecule has 0 spiro atoms. The second-order valence-corrected chi connectivity index (χ2v) is 3.28. The van der Waals surface area contributed by atoms with Crippen molar-refractivity contribution >= 4 is 11.9 Å². The molecule has 0 radical (unpaired) electrons. The van der Waals surface area contributed by atoms with Crippen LogP contribution in [0, 0.1) is 0 Å². The molecule has 0 unspecified atom stereocenters. The number of esters is 1. The average Bonchev–Trinajstić information content (AvgIpc) is 2.71. The number of nitrogens with zero attached hydrogens (tertiary/aromatic N) is 1. The summed E-state index contributed by atoms with van der Waals surface area (Å²) in [6, 6.07) is 6.43. The van der Waals surface area contributed by atoms with Crippen LogP contribution in [-0.4, -0.2) is 23.3 Å². The lowest BCUT2D eigenvalue weighted by molar-refractivity contribution is 0.0590. The minimum absolute atomic E-state index is 0.0208. The number of methoxy groups -OCH3 is 1. The topological polar surface area (TPSA) is 98.6 Å². The summed E-state index contributed by atoms with van der Waals surface area (Å²) in [6.45, 7) is 0. The Bertz CT molecular complexity index is 562. The predicted octanol–water partition coefficient (Wildman–Crippen LogP) is 1.42. The fourth-order valence-corrected chi connectivity index (χ4v) is 1.48. The zero-order chi connectivity index (χ0) is 12.4. The van der Waals surface area contributed by atoms with E-state index in [1.165, 1.54) is 13.2 Å². The van der Waals surface area contributed by atoms with Crippen molar-refractivity contribution in [3.8, 4) is 16.9 Å². The van der Waals surface area contributed by atoms with Crippen LogP contribution in [0.3, 0.4) is 0 Å². The highest BCUT2D eigenvalue weighted by Gasteiger charge is 2.24. The molecule has 0 aliphatic heterocycles. The highest BCUT2D eigenvalue weighted by atomic mass is 16.5. The highest BCUT2D eigenvalue weighted by molar-refractivity contribution is 5.98. The van der Waals surface area contributed by atoms with Crippen LogP contribution in [0.15, 0.2) is 28.8 Å². The number of carbonyl (C=O) groups is 1. The van der Waals surface area contributed by atoms with Crippen molar-refractivity contribution in [1.29, 1.82) is 0 Å². The maximum absolute atomic E-state index is 11.5. The summed E-state index contributed by atoms with van der Waals surface area (Å²) in [5.41, 5.74) is 6.12. The number of hydrogen-bond donors (Lipinski definition) is 2. The summed E-state index contributed by atoms with van der Waals surface area (Å²) in [4.78, 5) is 11.5. The summed E-state index contributed by atoms with van der Waals surface area (Å²) in [5.74, 6) is -0.747. The molecule has 0 aliphatic carbocycles. The van der Waals surface area contributed by atoms with E-state index < -0.39 is 5.97 Å². The number of nitrogen functional groups attached to an aromatic ring is 1. The Labute approximate surface area is 96.6 Å². The zero-order valence-corrected chi connectivity index (χ0v) is 9.01. The number of phenolic OH excluding ortho intramolecular Hbond substituents is 1. The zero-order valence-electron chi connectivity index (χ0n) is 9.01. The molecule has 17 heavy (non-hydrogen) atoms. The number of aromatic nitrogens is 1. The number of phenols is 1. The van der Waals surface area contributed by atoms with Crippen LogP contribution in [-0.2, 0) is 4.74 Å². The van der Waals surface area contributed by atoms with E-state index in [-0.39, 0.29) is 22.9 Å². The SMILES string of the molecule is COC(=O)c1noc(N)c1-c1ccccc1O. The number of carbonyl (C=O) groups excluding carboxylic acids is 1. The van der Waals surface area contributed by atoms with Gasteiger partial charge < -0.3 is 20.1 Å². The van der Waals surface area contributed by atoms with E-state index in [1.54, 1.807) is 18.2 Å². The lowest BCUT2D eigenvalue weighted by atomic mass is 10.0. The molecule has 2 aromatic rings. The predicted molar refractivity (Wildman–Crippen MR) is 59.4 cm³/mol. The molecule has 0 amide bonds. The Morgan fingerprint density at radius 1 is 1.47 bits per heavy atom. The molecule has 1 aromatic carbocycles. The largest absolute Gasteiger partial charge is 0.507 e. The molecule has 1 heterocycles. The van der Waals surface area contributed by atoms with Crippen molar-refractivity contribution in [1.82, 2.24) is 5.16 Å². The fraction of sp³-hybridized carbons (Fsp3) is 0.0909. The monoisotopic (exact) mass is 234 g/mol. The molecule has 6 nitrogen and oxygen atoms in total. The Morgan fingerprint density at radius 3 is 2.82 bits per heavy atom. The number of ether oxygens (including phenoxy) is 1. The van der Waals surface area contributed by atoms with Crippen molar-refractivity contribution in [2.24, 2.45) is 0 Å². The maximum atomic E-state index is 11.5. The molecule has 3 N–H and O–H groups in total. The molecule has 0 aliphatic rings. The van der Waals surface area contributed by atoms with Gasteiger partial charge in [0.2, 0.25) is 11.6 Å². The first-order valence-electron chi connectivity index (χ1n) is 4.77. The van der Waals surface area contributed by atoms with Crippen molar-refractivity contribution in [2.75, 3.05) is 12.8 Å². The van der Waals surface area contributed by atoms with Crippen LogP contribution in [0.1, 0.15) is 10.5 Å². The molecule has 6 heteroatoms. The number of benzene rings is 1. The minimum atomic E-state index is -0.677. The number of hydrogen-bond acceptors (Lipinski definition) is 6. The molecule has 88 valence electrons. The molecule has 0 saturated carbocycles. The van der Waals surface area contributed by atoms with Gasteiger partial charge in [-0.05, 0) is 6.07 Å². The lowest BCUT2D eigenvalue weighted by Gasteiger charge is -2.03. The summed E-state index contributed by atoms with van der Waals surface area (Å²) in [5, 5.41) is 13.2. The molecule has 0 atom stereocenters. The highest BCUT2D eigenvalue weighted by Crippen LogP contribution is 2.35. The standard InChI is InChI=1S/C11H10N2O4/c1-16-11(15)9-8(10(12)17-13-9)6-4-2-3-5-7(6)14/h2-5,14H,12H2,1H3. The van der Waals surface area contributed by atoms with Crippen molar-refractivity contribution in [3.05, 3.63) is 30.0 Å². The minimum Gasteiger partial charge on any atom is -0.507 e. The van der Waals surface area contributed by atoms with Gasteiger partial charge in [-0.15, -0.1) is 0 Å². The first kappa shape index (κ1) is 11.0. The quantitative estimate of drug-likeness (QED) is 0.762. The Morgan fingerprint density at radius 2 is 2.18 bits per heavy atom. The fourth-order valence-electron chi connectivity index (χ4n) is 1.48. The number of rotatable bonds is 2. The number of nitrogens with two attached hydrogens (primary N) is 1. The molecule has 1 aromatic heterocycles. The summed E-state index contributed by atoms with van der Waals surface area (Å²) < 4.78 is 9.30. The van der Waals surface area contributed by atoms with Gasteiger partial charge in [-0.2, -0.15) is 0 Å². The summed E-state index contributed by atoms with van der Waals surface area (Å²) >= 11 is 0. The second kappa shape index (κ2) is 4.17. The molecular formula is C11H10N2O4. The maximum Gasteiger partial charge on any atom is 0.361 e. The number of aromatic hydroxyl groups is 1. The third-order valence-corrected chi connectivity index (χ3v) is 2.27. The van der Waals surface area contributed by atoms with Gasteiger partial charge in [0.25, 0.3) is 0 Å². The van der Waals surface area contributed by atoms with Crippen LogP contribution >= 0.6 is 0 Å². The van der Waals surface area contributed by atoms with E-state index in [4.69, 9.17) is 10.3 Å². The van der Waals surface area contributed by atoms with Gasteiger partial charge in [-0.25, -0.2) is 4.79 Å². The van der Waals surface area contributed by atoms with Gasteiger partial charge in [0.1, 0.15) is 5.75 Å². The summed E-state index contributed by atoms with van der Waals surface area (Å²) in [7, 11) is 1.22. The van der Waals surface area contributed by atoms with Crippen molar-refractivity contribution in [3.63, 3.8) is 0 Å². The van der Waals surface area contributed by atoms with E-state index in [0.717, 1.165) is 0 Å². The third-order valence-electron chi connectivity index (χ3n) is 2.27. The Balaban J connectivity index is 2.63. The van der Waals surface area contributed by atoms with Gasteiger partial charge >= 0.3 is 5.97 Å². The summed E-state index contributed by atoms with van der Waals surface area (Å²) in [6.07, 6.45) is 0. The average molecular weight is 234 g/mol. The number of para-hydroxylation sites is 1.